The van der Waals surface area contributed by atoms with Crippen molar-refractivity contribution in [1.82, 2.24) is 9.47 Å². The maximum atomic E-state index is 13.3. The molecule has 1 aliphatic heterocycles. The van der Waals surface area contributed by atoms with Crippen LogP contribution in [0.4, 0.5) is 0 Å². The van der Waals surface area contributed by atoms with Gasteiger partial charge in [-0.05, 0) is 47.0 Å². The topological polar surface area (TPSA) is 79.6 Å². The van der Waals surface area contributed by atoms with E-state index in [1.54, 1.807) is 17.0 Å². The Labute approximate surface area is 182 Å². The first-order chi connectivity index (χ1) is 14.9. The van der Waals surface area contributed by atoms with E-state index in [9.17, 15) is 18.3 Å². The molecule has 1 amide bonds. The summed E-state index contributed by atoms with van der Waals surface area (Å²) >= 11 is 0. The maximum Gasteiger partial charge on any atom is 0.227 e. The van der Waals surface area contributed by atoms with E-state index in [-0.39, 0.29) is 31.2 Å². The Morgan fingerprint density at radius 2 is 1.68 bits per heavy atom. The van der Waals surface area contributed by atoms with Gasteiger partial charge in [0.25, 0.3) is 0 Å². The van der Waals surface area contributed by atoms with Crippen molar-refractivity contribution >= 4 is 15.7 Å². The summed E-state index contributed by atoms with van der Waals surface area (Å²) < 4.78 is 26.0. The quantitative estimate of drug-likeness (QED) is 0.618. The van der Waals surface area contributed by atoms with Gasteiger partial charge in [0.2, 0.25) is 5.91 Å². The number of sulfone groups is 1. The molecule has 0 fully saturated rings. The smallest absolute Gasteiger partial charge is 0.227 e. The van der Waals surface area contributed by atoms with Crippen LogP contribution < -0.4 is 0 Å². The van der Waals surface area contributed by atoms with Crippen molar-refractivity contribution in [1.29, 1.82) is 0 Å². The molecule has 6 nitrogen and oxygen atoms in total. The average Bonchev–Trinajstić information content (AvgIpc) is 3.42. The Balaban J connectivity index is 1.56. The van der Waals surface area contributed by atoms with Crippen LogP contribution in [0.25, 0.3) is 5.69 Å². The lowest BCUT2D eigenvalue weighted by Crippen LogP contribution is -2.41. The number of aromatic nitrogens is 1. The normalized spacial score (nSPS) is 17.0. The lowest BCUT2D eigenvalue weighted by molar-refractivity contribution is -0.132. The molecule has 1 atom stereocenters. The zero-order chi connectivity index (χ0) is 21.8. The van der Waals surface area contributed by atoms with Gasteiger partial charge >= 0.3 is 0 Å². The van der Waals surface area contributed by atoms with E-state index < -0.39 is 15.9 Å². The number of amides is 1. The minimum atomic E-state index is -3.31. The molecule has 7 heteroatoms. The lowest BCUT2D eigenvalue weighted by Gasteiger charge is -2.28. The van der Waals surface area contributed by atoms with Gasteiger partial charge in [-0.15, -0.1) is 0 Å². The van der Waals surface area contributed by atoms with Gasteiger partial charge in [0.05, 0.1) is 24.8 Å². The molecule has 0 spiro atoms. The standard InChI is InChI=1S/C24H24N2O4S/c27-17-21-6-2-1-5-20(21)16-26(23-11-14-31(29,30)18-23)24(28)15-19-7-9-22(10-8-19)25-12-3-4-13-25/h1-14,23,27H,15-18H2. The highest BCUT2D eigenvalue weighted by atomic mass is 32.2. The van der Waals surface area contributed by atoms with Crippen LogP contribution in [0.5, 0.6) is 0 Å². The molecule has 160 valence electrons. The minimum Gasteiger partial charge on any atom is -0.392 e. The predicted molar refractivity (Wildman–Crippen MR) is 119 cm³/mol. The van der Waals surface area contributed by atoms with Crippen molar-refractivity contribution in [2.24, 2.45) is 0 Å². The third-order valence-electron chi connectivity index (χ3n) is 5.46. The highest BCUT2D eigenvalue weighted by molar-refractivity contribution is 7.94. The fourth-order valence-electron chi connectivity index (χ4n) is 3.76. The number of nitrogens with zero attached hydrogens (tertiary/aromatic N) is 2. The fraction of sp³-hybridized carbons (Fsp3) is 0.208. The first kappa shape index (κ1) is 21.1. The summed E-state index contributed by atoms with van der Waals surface area (Å²) in [7, 11) is -3.31. The van der Waals surface area contributed by atoms with E-state index in [0.29, 0.717) is 0 Å². The lowest BCUT2D eigenvalue weighted by atomic mass is 10.1. The summed E-state index contributed by atoms with van der Waals surface area (Å²) in [6, 6.07) is 18.4. The van der Waals surface area contributed by atoms with Crippen LogP contribution in [0.3, 0.4) is 0 Å². The van der Waals surface area contributed by atoms with Crippen molar-refractivity contribution in [2.45, 2.75) is 25.6 Å². The second-order valence-corrected chi connectivity index (χ2v) is 9.54. The van der Waals surface area contributed by atoms with Crippen molar-refractivity contribution < 1.29 is 18.3 Å². The van der Waals surface area contributed by atoms with Gasteiger partial charge in [-0.3, -0.25) is 4.79 Å². The summed E-state index contributed by atoms with van der Waals surface area (Å²) in [6.07, 6.45) is 5.64. The fourth-order valence-corrected chi connectivity index (χ4v) is 5.06. The SMILES string of the molecule is O=C(Cc1ccc(-n2cccc2)cc1)N(Cc1ccccc1CO)C1C=CS(=O)(=O)C1. The Bertz CT molecular complexity index is 1180. The third kappa shape index (κ3) is 4.95. The number of carbonyl (C=O) groups excluding carboxylic acids is 1. The zero-order valence-electron chi connectivity index (χ0n) is 17.0. The molecular weight excluding hydrogens is 412 g/mol. The predicted octanol–water partition coefficient (Wildman–Crippen LogP) is 2.85. The molecule has 0 radical (unpaired) electrons. The average molecular weight is 437 g/mol. The zero-order valence-corrected chi connectivity index (χ0v) is 17.8. The van der Waals surface area contributed by atoms with Crippen molar-refractivity contribution in [3.05, 3.63) is 101 Å². The van der Waals surface area contributed by atoms with Crippen molar-refractivity contribution in [3.63, 3.8) is 0 Å². The number of benzene rings is 2. The van der Waals surface area contributed by atoms with Crippen LogP contribution in [0, 0.1) is 0 Å². The second kappa shape index (κ2) is 8.91. The molecular formula is C24H24N2O4S. The van der Waals surface area contributed by atoms with Gasteiger partial charge in [-0.2, -0.15) is 0 Å². The molecule has 1 aromatic heterocycles. The van der Waals surface area contributed by atoms with Crippen molar-refractivity contribution in [2.75, 3.05) is 5.75 Å². The van der Waals surface area contributed by atoms with Crippen LogP contribution in [-0.4, -0.2) is 40.7 Å². The molecule has 0 aliphatic carbocycles. The molecule has 3 aromatic rings. The van der Waals surface area contributed by atoms with Crippen molar-refractivity contribution in [3.8, 4) is 5.69 Å². The molecule has 1 N–H and O–H groups in total. The van der Waals surface area contributed by atoms with Gasteiger partial charge in [-0.25, -0.2) is 8.42 Å². The summed E-state index contributed by atoms with van der Waals surface area (Å²) in [6.45, 7) is 0.0966. The van der Waals surface area contributed by atoms with E-state index in [1.807, 2.05) is 71.6 Å². The number of hydrogen-bond acceptors (Lipinski definition) is 4. The number of rotatable bonds is 7. The second-order valence-electron chi connectivity index (χ2n) is 7.61. The van der Waals surface area contributed by atoms with E-state index >= 15 is 0 Å². The Morgan fingerprint density at radius 1 is 1.00 bits per heavy atom. The first-order valence-electron chi connectivity index (χ1n) is 10.1. The molecule has 0 saturated heterocycles. The summed E-state index contributed by atoms with van der Waals surface area (Å²) in [4.78, 5) is 14.9. The first-order valence-corrected chi connectivity index (χ1v) is 11.8. The molecule has 31 heavy (non-hydrogen) atoms. The Kier molecular flexibility index (Phi) is 6.06. The molecule has 0 saturated carbocycles. The molecule has 4 rings (SSSR count). The molecule has 2 heterocycles. The number of aliphatic hydroxyl groups is 1. The largest absolute Gasteiger partial charge is 0.392 e. The summed E-state index contributed by atoms with van der Waals surface area (Å²) in [5.74, 6) is -0.278. The van der Waals surface area contributed by atoms with Gasteiger partial charge < -0.3 is 14.6 Å². The van der Waals surface area contributed by atoms with Crippen LogP contribution >= 0.6 is 0 Å². The van der Waals surface area contributed by atoms with E-state index in [2.05, 4.69) is 0 Å². The van der Waals surface area contributed by atoms with Gasteiger partial charge in [0.1, 0.15) is 0 Å². The number of carbonyl (C=O) groups is 1. The third-order valence-corrected chi connectivity index (χ3v) is 6.83. The van der Waals surface area contributed by atoms with Gasteiger partial charge in [-0.1, -0.05) is 36.4 Å². The van der Waals surface area contributed by atoms with Crippen LogP contribution in [0.15, 0.2) is 84.5 Å². The van der Waals surface area contributed by atoms with Crippen LogP contribution in [0.1, 0.15) is 16.7 Å². The Hall–Kier alpha value is -3.16. The highest BCUT2D eigenvalue weighted by Gasteiger charge is 2.30. The monoisotopic (exact) mass is 436 g/mol. The van der Waals surface area contributed by atoms with E-state index in [1.165, 1.54) is 5.41 Å². The van der Waals surface area contributed by atoms with Crippen LogP contribution in [0.2, 0.25) is 0 Å². The van der Waals surface area contributed by atoms with Gasteiger partial charge in [0, 0.05) is 30.0 Å². The van der Waals surface area contributed by atoms with E-state index in [4.69, 9.17) is 0 Å². The molecule has 2 aromatic carbocycles. The van der Waals surface area contributed by atoms with Crippen LogP contribution in [-0.2, 0) is 34.2 Å². The minimum absolute atomic E-state index is 0.118. The molecule has 1 unspecified atom stereocenters. The molecule has 1 aliphatic rings. The molecule has 0 bridgehead atoms. The highest BCUT2D eigenvalue weighted by Crippen LogP contribution is 2.21. The summed E-state index contributed by atoms with van der Waals surface area (Å²) in [5.41, 5.74) is 3.38. The number of aliphatic hydroxyl groups excluding tert-OH is 1. The van der Waals surface area contributed by atoms with Gasteiger partial charge in [0.15, 0.2) is 9.84 Å². The Morgan fingerprint density at radius 3 is 2.29 bits per heavy atom. The van der Waals surface area contributed by atoms with E-state index in [0.717, 1.165) is 22.4 Å². The number of hydrogen-bond donors (Lipinski definition) is 1. The maximum absolute atomic E-state index is 13.3. The summed E-state index contributed by atoms with van der Waals surface area (Å²) in [5, 5.41) is 10.8.